The van der Waals surface area contributed by atoms with Crippen molar-refractivity contribution >= 4 is 33.4 Å². The Hall–Kier alpha value is -3.85. The summed E-state index contributed by atoms with van der Waals surface area (Å²) in [5.74, 6) is 1.45. The van der Waals surface area contributed by atoms with Crippen molar-refractivity contribution in [3.63, 3.8) is 0 Å². The molecule has 2 aromatic carbocycles. The number of oxazole rings is 1. The molecule has 0 radical (unpaired) electrons. The zero-order chi connectivity index (χ0) is 26.7. The predicted octanol–water partition coefficient (Wildman–Crippen LogP) is 5.45. The number of unbranched alkanes of at least 4 members (excludes halogenated alkanes) is 1. The normalized spacial score (nSPS) is 12.4. The number of hydrogen-bond acceptors (Lipinski definition) is 8. The van der Waals surface area contributed by atoms with E-state index in [1.165, 1.54) is 11.7 Å². The van der Waals surface area contributed by atoms with Gasteiger partial charge in [-0.1, -0.05) is 28.0 Å². The van der Waals surface area contributed by atoms with Gasteiger partial charge in [0.2, 0.25) is 5.89 Å². The first-order valence-corrected chi connectivity index (χ1v) is 12.2. The second-order valence-corrected chi connectivity index (χ2v) is 9.11. The summed E-state index contributed by atoms with van der Waals surface area (Å²) in [6, 6.07) is 7.95. The second-order valence-electron chi connectivity index (χ2n) is 8.75. The van der Waals surface area contributed by atoms with Crippen molar-refractivity contribution < 1.29 is 18.5 Å². The van der Waals surface area contributed by atoms with Gasteiger partial charge in [0.15, 0.2) is 16.6 Å². The third-order valence-electron chi connectivity index (χ3n) is 6.09. The molecule has 4 aromatic rings. The van der Waals surface area contributed by atoms with Crippen LogP contribution in [0.1, 0.15) is 52.4 Å². The monoisotopic (exact) mass is 524 g/mol. The zero-order valence-electron chi connectivity index (χ0n) is 21.7. The fourth-order valence-corrected chi connectivity index (χ4v) is 4.58. The summed E-state index contributed by atoms with van der Waals surface area (Å²) < 4.78 is 17.8. The van der Waals surface area contributed by atoms with Gasteiger partial charge in [-0.2, -0.15) is 4.98 Å². The fourth-order valence-electron chi connectivity index (χ4n) is 4.37. The van der Waals surface area contributed by atoms with E-state index in [0.29, 0.717) is 35.0 Å². The van der Waals surface area contributed by atoms with Gasteiger partial charge in [-0.05, 0) is 85.7 Å². The highest BCUT2D eigenvalue weighted by molar-refractivity contribution is 6.69. The minimum atomic E-state index is -0.402. The molecule has 0 bridgehead atoms. The minimum Gasteiger partial charge on any atom is -0.496 e. The molecule has 4 rings (SSSR count). The fraction of sp³-hybridized carbons (Fsp3) is 0.333. The average Bonchev–Trinajstić information content (AvgIpc) is 3.41. The zero-order valence-corrected chi connectivity index (χ0v) is 22.5. The lowest BCUT2D eigenvalue weighted by atomic mass is 9.92. The van der Waals surface area contributed by atoms with E-state index in [4.69, 9.17) is 30.1 Å². The average molecular weight is 525 g/mol. The molecular weight excluding hydrogens is 496 g/mol. The van der Waals surface area contributed by atoms with Crippen molar-refractivity contribution in [2.75, 3.05) is 14.2 Å². The third-order valence-corrected chi connectivity index (χ3v) is 6.36. The summed E-state index contributed by atoms with van der Waals surface area (Å²) in [6.45, 7) is 5.68. The summed E-state index contributed by atoms with van der Waals surface area (Å²) in [6.07, 6.45) is 4.38. The molecule has 2 heterocycles. The van der Waals surface area contributed by atoms with E-state index in [1.807, 2.05) is 38.1 Å². The van der Waals surface area contributed by atoms with Crippen LogP contribution in [0.5, 0.6) is 5.75 Å². The number of hydrogen-bond donors (Lipinski definition) is 0. The van der Waals surface area contributed by atoms with Crippen LogP contribution in [0.3, 0.4) is 0 Å². The molecular formula is C27H29ClN4O5. The van der Waals surface area contributed by atoms with Gasteiger partial charge < -0.3 is 18.5 Å². The maximum absolute atomic E-state index is 12.2. The molecule has 9 nitrogen and oxygen atoms in total. The van der Waals surface area contributed by atoms with Crippen LogP contribution in [0.25, 0.3) is 16.7 Å². The first-order chi connectivity index (χ1) is 17.7. The van der Waals surface area contributed by atoms with Crippen LogP contribution in [-0.2, 0) is 18.3 Å². The molecule has 0 unspecified atom stereocenters. The Kier molecular flexibility index (Phi) is 7.83. The van der Waals surface area contributed by atoms with Gasteiger partial charge in [-0.15, -0.1) is 0 Å². The van der Waals surface area contributed by atoms with Crippen LogP contribution >= 0.6 is 11.6 Å². The molecule has 0 saturated heterocycles. The van der Waals surface area contributed by atoms with Crippen LogP contribution < -0.4 is 10.5 Å². The Bertz CT molecular complexity index is 1560. The molecule has 0 spiro atoms. The van der Waals surface area contributed by atoms with Crippen LogP contribution in [-0.4, -0.2) is 34.1 Å². The van der Waals surface area contributed by atoms with E-state index in [0.717, 1.165) is 46.2 Å². The molecule has 0 aliphatic rings. The van der Waals surface area contributed by atoms with Crippen molar-refractivity contribution in [1.29, 1.82) is 0 Å². The number of nitrogens with zero attached hydrogens (tertiary/aromatic N) is 4. The van der Waals surface area contributed by atoms with E-state index in [9.17, 15) is 4.79 Å². The number of methoxy groups -OCH3 is 1. The minimum absolute atomic E-state index is 0.180. The standard InChI is InChI=1S/C27H29ClN4O5/c1-15-11-18(13-21(24(15)34-5)26(28)31-35-6)20(9-7-8-10-23-29-17(3)30-37-23)19-12-16(2)25-22(14-19)32(4)27(33)36-25/h9,11-14H,7-8,10H2,1-6H3/b20-9+,31-26?. The summed E-state index contributed by atoms with van der Waals surface area (Å²) >= 11 is 6.46. The van der Waals surface area contributed by atoms with Crippen molar-refractivity contribution in [3.8, 4) is 5.75 Å². The molecule has 0 amide bonds. The third kappa shape index (κ3) is 5.46. The van der Waals surface area contributed by atoms with Crippen LogP contribution in [0.2, 0.25) is 0 Å². The molecule has 37 heavy (non-hydrogen) atoms. The lowest BCUT2D eigenvalue weighted by molar-refractivity contribution is 0.214. The summed E-state index contributed by atoms with van der Waals surface area (Å²) in [5, 5.41) is 7.94. The summed E-state index contributed by atoms with van der Waals surface area (Å²) in [5.41, 5.74) is 6.47. The van der Waals surface area contributed by atoms with Gasteiger partial charge in [0.1, 0.15) is 12.9 Å². The van der Waals surface area contributed by atoms with E-state index in [1.54, 1.807) is 21.1 Å². The maximum atomic E-state index is 12.2. The number of aromatic nitrogens is 3. The topological polar surface area (TPSA) is 105 Å². The summed E-state index contributed by atoms with van der Waals surface area (Å²) in [7, 11) is 4.73. The first-order valence-electron chi connectivity index (χ1n) is 11.8. The predicted molar refractivity (Wildman–Crippen MR) is 142 cm³/mol. The second kappa shape index (κ2) is 11.0. The van der Waals surface area contributed by atoms with Gasteiger partial charge in [0, 0.05) is 13.5 Å². The van der Waals surface area contributed by atoms with E-state index < -0.39 is 5.76 Å². The molecule has 0 N–H and O–H groups in total. The van der Waals surface area contributed by atoms with Gasteiger partial charge in [-0.25, -0.2) is 4.79 Å². The van der Waals surface area contributed by atoms with E-state index >= 15 is 0 Å². The van der Waals surface area contributed by atoms with Crippen LogP contribution in [0, 0.1) is 20.8 Å². The molecule has 194 valence electrons. The number of halogens is 1. The van der Waals surface area contributed by atoms with Crippen molar-refractivity contribution in [3.05, 3.63) is 80.4 Å². The molecule has 2 aromatic heterocycles. The molecule has 10 heteroatoms. The van der Waals surface area contributed by atoms with Gasteiger partial charge >= 0.3 is 5.76 Å². The number of rotatable bonds is 9. The quantitative estimate of drug-likeness (QED) is 0.163. The van der Waals surface area contributed by atoms with Gasteiger partial charge in [0.25, 0.3) is 0 Å². The Balaban J connectivity index is 1.83. The SMILES string of the molecule is CON=C(Cl)c1cc(/C(=C\CCCc2nc(C)no2)c2cc(C)c3oc(=O)n(C)c3c2)cc(C)c1OC. The van der Waals surface area contributed by atoms with E-state index in [-0.39, 0.29) is 5.17 Å². The molecule has 0 saturated carbocycles. The first kappa shape index (κ1) is 26.2. The van der Waals surface area contributed by atoms with Crippen LogP contribution in [0.15, 0.2) is 49.2 Å². The number of benzene rings is 2. The van der Waals surface area contributed by atoms with Crippen molar-refractivity contribution in [1.82, 2.24) is 14.7 Å². The molecule has 0 aliphatic heterocycles. The van der Waals surface area contributed by atoms with Crippen molar-refractivity contribution in [2.24, 2.45) is 12.2 Å². The highest BCUT2D eigenvalue weighted by Gasteiger charge is 2.18. The highest BCUT2D eigenvalue weighted by atomic mass is 35.5. The van der Waals surface area contributed by atoms with E-state index in [2.05, 4.69) is 21.4 Å². The molecule has 0 fully saturated rings. The van der Waals surface area contributed by atoms with Crippen molar-refractivity contribution in [2.45, 2.75) is 40.0 Å². The summed E-state index contributed by atoms with van der Waals surface area (Å²) in [4.78, 5) is 21.4. The number of aryl methyl sites for hydroxylation is 5. The van der Waals surface area contributed by atoms with Gasteiger partial charge in [0.05, 0.1) is 18.2 Å². The Labute approximate surface area is 219 Å². The smallest absolute Gasteiger partial charge is 0.419 e. The lowest BCUT2D eigenvalue weighted by Crippen LogP contribution is -2.08. The molecule has 0 atom stereocenters. The van der Waals surface area contributed by atoms with Crippen LogP contribution in [0.4, 0.5) is 0 Å². The van der Waals surface area contributed by atoms with Gasteiger partial charge in [-0.3, -0.25) is 4.57 Å². The number of allylic oxidation sites excluding steroid dienone is 1. The lowest BCUT2D eigenvalue weighted by Gasteiger charge is -2.16. The largest absolute Gasteiger partial charge is 0.496 e. The Morgan fingerprint density at radius 2 is 1.86 bits per heavy atom. The Morgan fingerprint density at radius 3 is 2.54 bits per heavy atom. The number of oxime groups is 1. The highest BCUT2D eigenvalue weighted by Crippen LogP contribution is 2.34. The number of ether oxygens (including phenoxy) is 1. The molecule has 0 aliphatic carbocycles. The number of fused-ring (bicyclic) bond motifs is 1. The Morgan fingerprint density at radius 1 is 1.14 bits per heavy atom. The maximum Gasteiger partial charge on any atom is 0.419 e.